The zero-order valence-electron chi connectivity index (χ0n) is 18.8. The molecule has 7 heteroatoms. The van der Waals surface area contributed by atoms with Crippen molar-refractivity contribution in [3.63, 3.8) is 0 Å². The second-order valence-electron chi connectivity index (χ2n) is 8.09. The van der Waals surface area contributed by atoms with Gasteiger partial charge in [0, 0.05) is 55.5 Å². The van der Waals surface area contributed by atoms with Gasteiger partial charge in [-0.3, -0.25) is 9.69 Å². The molecule has 4 rings (SSSR count). The average Bonchev–Trinajstić information content (AvgIpc) is 2.83. The van der Waals surface area contributed by atoms with Gasteiger partial charge in [-0.2, -0.15) is 0 Å². The number of halogens is 1. The molecular weight excluding hydrogens is 422 g/mol. The topological polar surface area (TPSA) is 61.4 Å². The summed E-state index contributed by atoms with van der Waals surface area (Å²) in [6, 6.07) is 13.6. The highest BCUT2D eigenvalue weighted by molar-refractivity contribution is 6.30. The second-order valence-corrected chi connectivity index (χ2v) is 8.53. The maximum Gasteiger partial charge on any atom is 0.251 e. The first-order chi connectivity index (χ1) is 15.6. The van der Waals surface area contributed by atoms with Crippen LogP contribution >= 0.6 is 11.6 Å². The fourth-order valence-corrected chi connectivity index (χ4v) is 4.35. The third-order valence-corrected chi connectivity index (χ3v) is 6.25. The van der Waals surface area contributed by atoms with E-state index in [-0.39, 0.29) is 5.91 Å². The largest absolute Gasteiger partial charge is 0.369 e. The molecule has 168 valence electrons. The maximum absolute atomic E-state index is 12.7. The molecule has 6 nitrogen and oxygen atoms in total. The number of piperazine rings is 1. The van der Waals surface area contributed by atoms with Gasteiger partial charge in [-0.05, 0) is 49.2 Å². The van der Waals surface area contributed by atoms with Crippen molar-refractivity contribution in [1.29, 1.82) is 0 Å². The van der Waals surface area contributed by atoms with Crippen LogP contribution in [0.1, 0.15) is 35.6 Å². The van der Waals surface area contributed by atoms with Gasteiger partial charge >= 0.3 is 0 Å². The summed E-state index contributed by atoms with van der Waals surface area (Å²) in [6.07, 6.45) is 1.70. The summed E-state index contributed by atoms with van der Waals surface area (Å²) in [5.41, 5.74) is 5.46. The van der Waals surface area contributed by atoms with Crippen LogP contribution in [0.15, 0.2) is 42.5 Å². The van der Waals surface area contributed by atoms with Gasteiger partial charge in [-0.15, -0.1) is 0 Å². The molecule has 3 aromatic rings. The highest BCUT2D eigenvalue weighted by Crippen LogP contribution is 2.21. The molecule has 0 spiro atoms. The average molecular weight is 452 g/mol. The lowest BCUT2D eigenvalue weighted by molar-refractivity contribution is 0.0948. The predicted molar refractivity (Wildman–Crippen MR) is 131 cm³/mol. The van der Waals surface area contributed by atoms with Crippen molar-refractivity contribution in [2.24, 2.45) is 0 Å². The Morgan fingerprint density at radius 3 is 2.38 bits per heavy atom. The molecule has 0 bridgehead atoms. The van der Waals surface area contributed by atoms with E-state index in [1.807, 2.05) is 36.4 Å². The zero-order chi connectivity index (χ0) is 22.5. The SMILES string of the molecule is CCc1nc2ccc(C(=O)NCCN3CCN(c4cccc(Cl)c4)CC3)cc2nc1CC. The molecule has 1 N–H and O–H groups in total. The van der Waals surface area contributed by atoms with Gasteiger partial charge in [0.2, 0.25) is 0 Å². The van der Waals surface area contributed by atoms with Crippen molar-refractivity contribution in [1.82, 2.24) is 20.2 Å². The minimum Gasteiger partial charge on any atom is -0.369 e. The molecule has 0 aliphatic carbocycles. The van der Waals surface area contributed by atoms with Gasteiger partial charge in [-0.25, -0.2) is 9.97 Å². The summed E-state index contributed by atoms with van der Waals surface area (Å²) in [7, 11) is 0. The Bertz CT molecular complexity index is 1090. The Balaban J connectivity index is 1.29. The van der Waals surface area contributed by atoms with E-state index in [0.29, 0.717) is 12.1 Å². The summed E-state index contributed by atoms with van der Waals surface area (Å²) < 4.78 is 0. The lowest BCUT2D eigenvalue weighted by Crippen LogP contribution is -2.48. The number of aromatic nitrogens is 2. The number of aryl methyl sites for hydroxylation is 2. The highest BCUT2D eigenvalue weighted by Gasteiger charge is 2.17. The molecule has 2 heterocycles. The highest BCUT2D eigenvalue weighted by atomic mass is 35.5. The van der Waals surface area contributed by atoms with E-state index in [1.165, 1.54) is 5.69 Å². The quantitative estimate of drug-likeness (QED) is 0.589. The third kappa shape index (κ3) is 5.19. The number of fused-ring (bicyclic) bond motifs is 1. The molecule has 2 aromatic carbocycles. The molecule has 0 radical (unpaired) electrons. The van der Waals surface area contributed by atoms with Crippen LogP contribution in [-0.2, 0) is 12.8 Å². The van der Waals surface area contributed by atoms with E-state index in [4.69, 9.17) is 21.6 Å². The lowest BCUT2D eigenvalue weighted by atomic mass is 10.1. The van der Waals surface area contributed by atoms with Crippen molar-refractivity contribution in [3.05, 3.63) is 64.4 Å². The van der Waals surface area contributed by atoms with Gasteiger partial charge < -0.3 is 10.2 Å². The zero-order valence-corrected chi connectivity index (χ0v) is 19.5. The van der Waals surface area contributed by atoms with Crippen LogP contribution in [0.5, 0.6) is 0 Å². The number of hydrogen-bond donors (Lipinski definition) is 1. The number of carbonyl (C=O) groups excluding carboxylic acids is 1. The predicted octanol–water partition coefficient (Wildman–Crippen LogP) is 3.96. The molecule has 1 aliphatic heterocycles. The van der Waals surface area contributed by atoms with Crippen molar-refractivity contribution < 1.29 is 4.79 Å². The number of hydrogen-bond acceptors (Lipinski definition) is 5. The Hall–Kier alpha value is -2.70. The molecule has 0 atom stereocenters. The summed E-state index contributed by atoms with van der Waals surface area (Å²) in [5.74, 6) is -0.0659. The van der Waals surface area contributed by atoms with Crippen LogP contribution in [0.2, 0.25) is 5.02 Å². The maximum atomic E-state index is 12.7. The molecule has 32 heavy (non-hydrogen) atoms. The smallest absolute Gasteiger partial charge is 0.251 e. The number of anilines is 1. The Labute approximate surface area is 194 Å². The first kappa shape index (κ1) is 22.5. The van der Waals surface area contributed by atoms with Gasteiger partial charge in [0.1, 0.15) is 0 Å². The summed E-state index contributed by atoms with van der Waals surface area (Å²) in [5, 5.41) is 3.82. The normalized spacial score (nSPS) is 14.7. The van der Waals surface area contributed by atoms with E-state index in [2.05, 4.69) is 35.0 Å². The minimum atomic E-state index is -0.0659. The first-order valence-corrected chi connectivity index (χ1v) is 11.8. The Kier molecular flexibility index (Phi) is 7.22. The van der Waals surface area contributed by atoms with E-state index < -0.39 is 0 Å². The molecule has 1 fully saturated rings. The van der Waals surface area contributed by atoms with Gasteiger partial charge in [-0.1, -0.05) is 31.5 Å². The number of nitrogens with zero attached hydrogens (tertiary/aromatic N) is 4. The minimum absolute atomic E-state index is 0.0659. The van der Waals surface area contributed by atoms with Crippen LogP contribution < -0.4 is 10.2 Å². The van der Waals surface area contributed by atoms with E-state index in [1.54, 1.807) is 0 Å². The fourth-order valence-electron chi connectivity index (χ4n) is 4.17. The van der Waals surface area contributed by atoms with Gasteiger partial charge in [0.15, 0.2) is 0 Å². The fraction of sp³-hybridized carbons (Fsp3) is 0.400. The molecule has 1 amide bonds. The molecular formula is C25H30ClN5O. The summed E-state index contributed by atoms with van der Waals surface area (Å²) >= 11 is 6.12. The third-order valence-electron chi connectivity index (χ3n) is 6.01. The van der Waals surface area contributed by atoms with Crippen LogP contribution in [0, 0.1) is 0 Å². The van der Waals surface area contributed by atoms with E-state index >= 15 is 0 Å². The van der Waals surface area contributed by atoms with Gasteiger partial charge in [0.25, 0.3) is 5.91 Å². The number of rotatable bonds is 7. The lowest BCUT2D eigenvalue weighted by Gasteiger charge is -2.36. The molecule has 1 aromatic heterocycles. The monoisotopic (exact) mass is 451 g/mol. The number of carbonyl (C=O) groups is 1. The number of benzene rings is 2. The molecule has 1 aliphatic rings. The Morgan fingerprint density at radius 2 is 1.69 bits per heavy atom. The Morgan fingerprint density at radius 1 is 0.969 bits per heavy atom. The standard InChI is InChI=1S/C25H30ClN5O/c1-3-21-22(4-2)29-24-16-18(8-9-23(24)28-21)25(32)27-10-11-30-12-14-31(15-13-30)20-7-5-6-19(26)17-20/h5-9,16-17H,3-4,10-15H2,1-2H3,(H,27,32). The van der Waals surface area contributed by atoms with Crippen molar-refractivity contribution in [3.8, 4) is 0 Å². The van der Waals surface area contributed by atoms with Gasteiger partial charge in [0.05, 0.1) is 22.4 Å². The number of nitrogens with one attached hydrogen (secondary N) is 1. The van der Waals surface area contributed by atoms with Crippen molar-refractivity contribution in [2.45, 2.75) is 26.7 Å². The summed E-state index contributed by atoms with van der Waals surface area (Å²) in [6.45, 7) is 9.47. The number of amides is 1. The van der Waals surface area contributed by atoms with Crippen LogP contribution in [0.3, 0.4) is 0 Å². The molecule has 0 saturated carbocycles. The van der Waals surface area contributed by atoms with Crippen LogP contribution in [0.25, 0.3) is 11.0 Å². The molecule has 0 unspecified atom stereocenters. The van der Waals surface area contributed by atoms with E-state index in [9.17, 15) is 4.79 Å². The van der Waals surface area contributed by atoms with Crippen molar-refractivity contribution in [2.75, 3.05) is 44.2 Å². The molecule has 1 saturated heterocycles. The van der Waals surface area contributed by atoms with Crippen LogP contribution in [0.4, 0.5) is 5.69 Å². The summed E-state index contributed by atoms with van der Waals surface area (Å²) in [4.78, 5) is 26.9. The van der Waals surface area contributed by atoms with E-state index in [0.717, 1.165) is 73.0 Å². The first-order valence-electron chi connectivity index (χ1n) is 11.4. The second kappa shape index (κ2) is 10.3. The van der Waals surface area contributed by atoms with Crippen molar-refractivity contribution >= 4 is 34.2 Å². The van der Waals surface area contributed by atoms with Crippen LogP contribution in [-0.4, -0.2) is 60.0 Å².